The lowest BCUT2D eigenvalue weighted by Gasteiger charge is -2.26. The fourth-order valence-electron chi connectivity index (χ4n) is 3.61. The Morgan fingerprint density at radius 3 is 2.85 bits per heavy atom. The minimum atomic E-state index is 0.0764. The van der Waals surface area contributed by atoms with Crippen molar-refractivity contribution in [1.82, 2.24) is 5.32 Å². The van der Waals surface area contributed by atoms with Crippen LogP contribution in [0.4, 0.5) is 0 Å². The summed E-state index contributed by atoms with van der Waals surface area (Å²) in [6.07, 6.45) is 5.93. The Labute approximate surface area is 155 Å². The molecule has 2 aromatic carbocycles. The van der Waals surface area contributed by atoms with Crippen LogP contribution in [0.5, 0.6) is 17.2 Å². The van der Waals surface area contributed by atoms with Crippen LogP contribution in [0.15, 0.2) is 42.5 Å². The molecule has 0 saturated heterocycles. The van der Waals surface area contributed by atoms with Crippen LogP contribution in [-0.2, 0) is 12.8 Å². The predicted molar refractivity (Wildman–Crippen MR) is 102 cm³/mol. The Balaban J connectivity index is 1.08. The van der Waals surface area contributed by atoms with Crippen molar-refractivity contribution in [3.8, 4) is 17.2 Å². The number of aryl methyl sites for hydroxylation is 2. The number of nitrogens with one attached hydrogen (secondary N) is 1. The minimum absolute atomic E-state index is 0.0764. The Morgan fingerprint density at radius 1 is 1.00 bits per heavy atom. The maximum Gasteiger partial charge on any atom is 0.161 e. The van der Waals surface area contributed by atoms with Gasteiger partial charge in [0, 0.05) is 6.54 Å². The van der Waals surface area contributed by atoms with Crippen molar-refractivity contribution < 1.29 is 14.2 Å². The zero-order valence-electron chi connectivity index (χ0n) is 15.2. The van der Waals surface area contributed by atoms with E-state index in [0.717, 1.165) is 49.8 Å². The van der Waals surface area contributed by atoms with Gasteiger partial charge in [-0.1, -0.05) is 18.2 Å². The van der Waals surface area contributed by atoms with Crippen molar-refractivity contribution >= 4 is 0 Å². The number of hydrogen-bond donors (Lipinski definition) is 1. The van der Waals surface area contributed by atoms with Gasteiger partial charge >= 0.3 is 0 Å². The van der Waals surface area contributed by atoms with Crippen LogP contribution in [0, 0.1) is 0 Å². The molecule has 1 atom stereocenters. The van der Waals surface area contributed by atoms with Crippen molar-refractivity contribution in [1.29, 1.82) is 0 Å². The monoisotopic (exact) mass is 353 g/mol. The van der Waals surface area contributed by atoms with Crippen molar-refractivity contribution in [3.05, 3.63) is 53.6 Å². The van der Waals surface area contributed by atoms with Gasteiger partial charge in [-0.05, 0) is 74.0 Å². The molecule has 4 heteroatoms. The average molecular weight is 353 g/mol. The van der Waals surface area contributed by atoms with Gasteiger partial charge in [0.1, 0.15) is 18.5 Å². The molecule has 1 heterocycles. The minimum Gasteiger partial charge on any atom is -0.494 e. The molecule has 1 unspecified atom stereocenters. The van der Waals surface area contributed by atoms with Gasteiger partial charge in [-0.25, -0.2) is 0 Å². The molecular weight excluding hydrogens is 326 g/mol. The molecule has 1 N–H and O–H groups in total. The maximum absolute atomic E-state index is 5.94. The standard InChI is InChI=1S/C22H27NO3/c1-2-9-22-21(8-1)25-16-20(26-22)15-23-12-3-4-13-24-19-11-10-17-6-5-7-18(17)14-19/h1-2,8-11,14,20,23H,3-7,12-13,15-16H2. The number of rotatable bonds is 8. The molecule has 1 aliphatic carbocycles. The summed E-state index contributed by atoms with van der Waals surface area (Å²) in [5.74, 6) is 2.70. The van der Waals surface area contributed by atoms with Gasteiger partial charge in [-0.3, -0.25) is 0 Å². The van der Waals surface area contributed by atoms with Gasteiger partial charge in [0.15, 0.2) is 11.5 Å². The van der Waals surface area contributed by atoms with E-state index in [1.807, 2.05) is 24.3 Å². The third-order valence-electron chi connectivity index (χ3n) is 5.03. The second-order valence-electron chi connectivity index (χ2n) is 7.04. The van der Waals surface area contributed by atoms with Crippen LogP contribution >= 0.6 is 0 Å². The second kappa shape index (κ2) is 8.45. The highest BCUT2D eigenvalue weighted by Crippen LogP contribution is 2.30. The first kappa shape index (κ1) is 17.2. The van der Waals surface area contributed by atoms with Gasteiger partial charge in [0.2, 0.25) is 0 Å². The van der Waals surface area contributed by atoms with Crippen LogP contribution in [0.1, 0.15) is 30.4 Å². The molecule has 0 aromatic heterocycles. The summed E-state index contributed by atoms with van der Waals surface area (Å²) in [7, 11) is 0. The fraction of sp³-hybridized carbons (Fsp3) is 0.455. The zero-order valence-corrected chi connectivity index (χ0v) is 15.2. The molecule has 4 rings (SSSR count). The van der Waals surface area contributed by atoms with Crippen LogP contribution < -0.4 is 19.5 Å². The quantitative estimate of drug-likeness (QED) is 0.734. The van der Waals surface area contributed by atoms with Gasteiger partial charge in [-0.2, -0.15) is 0 Å². The third-order valence-corrected chi connectivity index (χ3v) is 5.03. The van der Waals surface area contributed by atoms with Crippen LogP contribution in [0.2, 0.25) is 0 Å². The molecule has 2 aromatic rings. The van der Waals surface area contributed by atoms with Crippen molar-refractivity contribution in [2.24, 2.45) is 0 Å². The number of fused-ring (bicyclic) bond motifs is 2. The van der Waals surface area contributed by atoms with Crippen LogP contribution in [0.25, 0.3) is 0 Å². The molecule has 26 heavy (non-hydrogen) atoms. The van der Waals surface area contributed by atoms with E-state index in [-0.39, 0.29) is 6.10 Å². The summed E-state index contributed by atoms with van der Waals surface area (Å²) < 4.78 is 17.6. The van der Waals surface area contributed by atoms with Gasteiger partial charge in [0.25, 0.3) is 0 Å². The van der Waals surface area contributed by atoms with Crippen molar-refractivity contribution in [3.63, 3.8) is 0 Å². The Kier molecular flexibility index (Phi) is 5.60. The number of para-hydroxylation sites is 2. The SMILES string of the molecule is c1ccc2c(c1)OCC(CNCCCCOc1ccc3c(c1)CCC3)O2. The number of hydrogen-bond acceptors (Lipinski definition) is 4. The molecule has 2 aliphatic rings. The Bertz CT molecular complexity index is 731. The number of unbranched alkanes of at least 4 members (excludes halogenated alkanes) is 1. The second-order valence-corrected chi connectivity index (χ2v) is 7.04. The zero-order chi connectivity index (χ0) is 17.6. The number of ether oxygens (including phenoxy) is 3. The predicted octanol–water partition coefficient (Wildman–Crippen LogP) is 3.76. The molecule has 0 saturated carbocycles. The van der Waals surface area contributed by atoms with Crippen molar-refractivity contribution in [2.75, 3.05) is 26.3 Å². The molecule has 4 nitrogen and oxygen atoms in total. The lowest BCUT2D eigenvalue weighted by molar-refractivity contribution is 0.0904. The smallest absolute Gasteiger partial charge is 0.161 e. The van der Waals surface area contributed by atoms with E-state index >= 15 is 0 Å². The highest BCUT2D eigenvalue weighted by Gasteiger charge is 2.19. The molecule has 0 amide bonds. The topological polar surface area (TPSA) is 39.7 Å². The van der Waals surface area contributed by atoms with Crippen LogP contribution in [0.3, 0.4) is 0 Å². The van der Waals surface area contributed by atoms with Gasteiger partial charge < -0.3 is 19.5 Å². The normalized spacial score (nSPS) is 17.8. The molecule has 0 radical (unpaired) electrons. The Hall–Kier alpha value is -2.20. The summed E-state index contributed by atoms with van der Waals surface area (Å²) in [6, 6.07) is 14.4. The first-order valence-corrected chi connectivity index (χ1v) is 9.72. The first-order valence-electron chi connectivity index (χ1n) is 9.72. The number of benzene rings is 2. The van der Waals surface area contributed by atoms with E-state index in [0.29, 0.717) is 6.61 Å². The lowest BCUT2D eigenvalue weighted by atomic mass is 10.1. The summed E-state index contributed by atoms with van der Waals surface area (Å²) in [5.41, 5.74) is 2.97. The summed E-state index contributed by atoms with van der Waals surface area (Å²) in [6.45, 7) is 3.15. The van der Waals surface area contributed by atoms with Crippen LogP contribution in [-0.4, -0.2) is 32.4 Å². The maximum atomic E-state index is 5.94. The highest BCUT2D eigenvalue weighted by atomic mass is 16.6. The van der Waals surface area contributed by atoms with E-state index in [2.05, 4.69) is 23.5 Å². The van der Waals surface area contributed by atoms with Gasteiger partial charge in [0.05, 0.1) is 6.61 Å². The fourth-order valence-corrected chi connectivity index (χ4v) is 3.61. The molecule has 0 bridgehead atoms. The molecule has 1 aliphatic heterocycles. The summed E-state index contributed by atoms with van der Waals surface area (Å²) >= 11 is 0. The van der Waals surface area contributed by atoms with E-state index in [4.69, 9.17) is 14.2 Å². The first-order chi connectivity index (χ1) is 12.9. The molecule has 0 spiro atoms. The lowest BCUT2D eigenvalue weighted by Crippen LogP contribution is -2.38. The average Bonchev–Trinajstić information content (AvgIpc) is 3.15. The van der Waals surface area contributed by atoms with Gasteiger partial charge in [-0.15, -0.1) is 0 Å². The van der Waals surface area contributed by atoms with Crippen molar-refractivity contribution in [2.45, 2.75) is 38.2 Å². The Morgan fingerprint density at radius 2 is 1.88 bits per heavy atom. The molecular formula is C22H27NO3. The highest BCUT2D eigenvalue weighted by molar-refractivity contribution is 5.40. The molecule has 0 fully saturated rings. The third kappa shape index (κ3) is 4.31. The molecule has 138 valence electrons. The summed E-state index contributed by atoms with van der Waals surface area (Å²) in [5, 5.41) is 3.46. The van der Waals surface area contributed by atoms with E-state index in [9.17, 15) is 0 Å². The van der Waals surface area contributed by atoms with E-state index in [1.54, 1.807) is 0 Å². The van der Waals surface area contributed by atoms with E-state index < -0.39 is 0 Å². The largest absolute Gasteiger partial charge is 0.494 e. The summed E-state index contributed by atoms with van der Waals surface area (Å²) in [4.78, 5) is 0. The van der Waals surface area contributed by atoms with E-state index in [1.165, 1.54) is 30.4 Å².